The first-order chi connectivity index (χ1) is 3.95. The normalized spacial score (nSPS) is 64.0. The zero-order valence-corrected chi connectivity index (χ0v) is 4.58. The van der Waals surface area contributed by atoms with Gasteiger partial charge in [-0.05, 0) is 12.3 Å². The molecule has 1 heterocycles. The topological polar surface area (TPSA) is 12.5 Å². The van der Waals surface area contributed by atoms with Crippen LogP contribution in [0.15, 0.2) is 12.2 Å². The van der Waals surface area contributed by atoms with Gasteiger partial charge in [0.1, 0.15) is 0 Å². The third-order valence-corrected chi connectivity index (χ3v) is 2.58. The van der Waals surface area contributed by atoms with E-state index in [9.17, 15) is 0 Å². The minimum absolute atomic E-state index is 0.657. The summed E-state index contributed by atoms with van der Waals surface area (Å²) >= 11 is 0. The summed E-state index contributed by atoms with van der Waals surface area (Å²) in [5, 5.41) is 0. The quantitative estimate of drug-likeness (QED) is 0.332. The Hall–Kier alpha value is -0.300. The summed E-state index contributed by atoms with van der Waals surface area (Å²) in [6, 6.07) is 0. The van der Waals surface area contributed by atoms with Gasteiger partial charge in [0.2, 0.25) is 0 Å². The first-order valence-electron chi connectivity index (χ1n) is 3.29. The van der Waals surface area contributed by atoms with Gasteiger partial charge in [0.05, 0.1) is 12.2 Å². The smallest absolute Gasteiger partial charge is 0.0910 e. The van der Waals surface area contributed by atoms with Crippen LogP contribution < -0.4 is 0 Å². The summed E-state index contributed by atoms with van der Waals surface area (Å²) < 4.78 is 5.34. The highest BCUT2D eigenvalue weighted by atomic mass is 16.6. The van der Waals surface area contributed by atoms with E-state index < -0.39 is 0 Å². The fraction of sp³-hybridized carbons (Fsp3) is 0.714. The van der Waals surface area contributed by atoms with Crippen molar-refractivity contribution >= 4 is 0 Å². The van der Waals surface area contributed by atoms with E-state index in [4.69, 9.17) is 4.74 Å². The van der Waals surface area contributed by atoms with Crippen molar-refractivity contribution in [3.8, 4) is 0 Å². The number of rotatable bonds is 0. The number of epoxide rings is 1. The summed E-state index contributed by atoms with van der Waals surface area (Å²) in [6.45, 7) is 0. The average molecular weight is 108 g/mol. The maximum atomic E-state index is 5.34. The van der Waals surface area contributed by atoms with Crippen molar-refractivity contribution in [2.45, 2.75) is 18.6 Å². The third kappa shape index (κ3) is 0.244. The van der Waals surface area contributed by atoms with Crippen molar-refractivity contribution in [2.24, 2.45) is 11.8 Å². The molecule has 1 aliphatic heterocycles. The van der Waals surface area contributed by atoms with Gasteiger partial charge in [-0.3, -0.25) is 0 Å². The lowest BCUT2D eigenvalue weighted by atomic mass is 9.85. The van der Waals surface area contributed by atoms with E-state index in [1.807, 2.05) is 0 Å². The molecule has 42 valence electrons. The zero-order valence-electron chi connectivity index (χ0n) is 4.58. The summed E-state index contributed by atoms with van der Waals surface area (Å²) in [5.74, 6) is 1.75. The molecule has 4 atom stereocenters. The molecule has 2 fully saturated rings. The van der Waals surface area contributed by atoms with Gasteiger partial charge in [0.25, 0.3) is 0 Å². The van der Waals surface area contributed by atoms with Crippen molar-refractivity contribution in [2.75, 3.05) is 0 Å². The second-order valence-electron chi connectivity index (χ2n) is 3.00. The van der Waals surface area contributed by atoms with Crippen LogP contribution in [-0.2, 0) is 4.74 Å². The highest BCUT2D eigenvalue weighted by Gasteiger charge is 2.56. The summed E-state index contributed by atoms with van der Waals surface area (Å²) in [4.78, 5) is 0. The van der Waals surface area contributed by atoms with Gasteiger partial charge >= 0.3 is 0 Å². The minimum atomic E-state index is 0.657. The molecule has 1 saturated heterocycles. The molecule has 4 unspecified atom stereocenters. The van der Waals surface area contributed by atoms with Gasteiger partial charge < -0.3 is 4.74 Å². The van der Waals surface area contributed by atoms with Crippen LogP contribution in [-0.4, -0.2) is 12.2 Å². The largest absolute Gasteiger partial charge is 0.369 e. The Balaban J connectivity index is 2.02. The lowest BCUT2D eigenvalue weighted by Crippen LogP contribution is -2.17. The summed E-state index contributed by atoms with van der Waals surface area (Å²) in [7, 11) is 0. The van der Waals surface area contributed by atoms with E-state index in [0.29, 0.717) is 12.2 Å². The van der Waals surface area contributed by atoms with Gasteiger partial charge in [0.15, 0.2) is 0 Å². The third-order valence-electron chi connectivity index (χ3n) is 2.58. The summed E-state index contributed by atoms with van der Waals surface area (Å²) in [5.41, 5.74) is 0. The molecule has 0 bridgehead atoms. The fourth-order valence-electron chi connectivity index (χ4n) is 1.94. The Morgan fingerprint density at radius 2 is 2.38 bits per heavy atom. The van der Waals surface area contributed by atoms with E-state index in [1.165, 1.54) is 6.42 Å². The number of hydrogen-bond donors (Lipinski definition) is 0. The molecule has 3 aliphatic rings. The molecule has 3 rings (SSSR count). The maximum absolute atomic E-state index is 5.34. The predicted octanol–water partition coefficient (Wildman–Crippen LogP) is 0.960. The Morgan fingerprint density at radius 1 is 1.38 bits per heavy atom. The number of fused-ring (bicyclic) bond motifs is 3. The summed E-state index contributed by atoms with van der Waals surface area (Å²) in [6.07, 6.45) is 7.25. The van der Waals surface area contributed by atoms with Crippen LogP contribution in [0.25, 0.3) is 0 Å². The molecule has 0 N–H and O–H groups in total. The second kappa shape index (κ2) is 0.883. The minimum Gasteiger partial charge on any atom is -0.369 e. The standard InChI is InChI=1S/C7H8O/c1-2-5-4(1)3-6-7(5)8-6/h1-2,4-7H,3H2. The van der Waals surface area contributed by atoms with Crippen molar-refractivity contribution in [1.82, 2.24) is 0 Å². The van der Waals surface area contributed by atoms with Crippen LogP contribution in [0.3, 0.4) is 0 Å². The number of allylic oxidation sites excluding steroid dienone is 1. The average Bonchev–Trinajstić information content (AvgIpc) is 2.34. The number of ether oxygens (including phenoxy) is 1. The molecule has 1 saturated carbocycles. The molecule has 0 aromatic carbocycles. The zero-order chi connectivity index (χ0) is 5.14. The van der Waals surface area contributed by atoms with Crippen LogP contribution in [0.5, 0.6) is 0 Å². The van der Waals surface area contributed by atoms with Gasteiger partial charge in [-0.25, -0.2) is 0 Å². The Labute approximate surface area is 48.3 Å². The van der Waals surface area contributed by atoms with Crippen LogP contribution in [0.2, 0.25) is 0 Å². The van der Waals surface area contributed by atoms with Crippen LogP contribution in [0.4, 0.5) is 0 Å². The molecule has 1 heteroatoms. The molecular formula is C7H8O. The molecule has 2 aliphatic carbocycles. The molecule has 0 aromatic heterocycles. The van der Waals surface area contributed by atoms with E-state index in [2.05, 4.69) is 12.2 Å². The lowest BCUT2D eigenvalue weighted by molar-refractivity contribution is 0.240. The maximum Gasteiger partial charge on any atom is 0.0910 e. The highest BCUT2D eigenvalue weighted by Crippen LogP contribution is 2.52. The molecule has 1 nitrogen and oxygen atoms in total. The monoisotopic (exact) mass is 108 g/mol. The van der Waals surface area contributed by atoms with E-state index in [0.717, 1.165) is 11.8 Å². The molecule has 0 radical (unpaired) electrons. The highest BCUT2D eigenvalue weighted by molar-refractivity contribution is 5.22. The SMILES string of the molecule is C1=CC2C1CC1OC12. The molecule has 0 amide bonds. The lowest BCUT2D eigenvalue weighted by Gasteiger charge is -2.22. The first-order valence-corrected chi connectivity index (χ1v) is 3.29. The van der Waals surface area contributed by atoms with E-state index >= 15 is 0 Å². The van der Waals surface area contributed by atoms with Gasteiger partial charge in [-0.1, -0.05) is 12.2 Å². The molecule has 8 heavy (non-hydrogen) atoms. The number of hydrogen-bond acceptors (Lipinski definition) is 1. The second-order valence-corrected chi connectivity index (χ2v) is 3.00. The predicted molar refractivity (Wildman–Crippen MR) is 29.4 cm³/mol. The van der Waals surface area contributed by atoms with Gasteiger partial charge in [-0.2, -0.15) is 0 Å². The molecule has 0 aromatic rings. The van der Waals surface area contributed by atoms with Crippen molar-refractivity contribution in [1.29, 1.82) is 0 Å². The van der Waals surface area contributed by atoms with Crippen LogP contribution >= 0.6 is 0 Å². The Morgan fingerprint density at radius 3 is 2.75 bits per heavy atom. The van der Waals surface area contributed by atoms with Crippen LogP contribution in [0.1, 0.15) is 6.42 Å². The van der Waals surface area contributed by atoms with E-state index in [1.54, 1.807) is 0 Å². The fourth-order valence-corrected chi connectivity index (χ4v) is 1.94. The van der Waals surface area contributed by atoms with Crippen molar-refractivity contribution < 1.29 is 4.74 Å². The molecule has 0 spiro atoms. The Bertz CT molecular complexity index is 162. The van der Waals surface area contributed by atoms with Gasteiger partial charge in [0, 0.05) is 5.92 Å². The van der Waals surface area contributed by atoms with Crippen LogP contribution in [0, 0.1) is 11.8 Å². The Kier molecular flexibility index (Phi) is 0.406. The van der Waals surface area contributed by atoms with E-state index in [-0.39, 0.29) is 0 Å². The molecular weight excluding hydrogens is 100 g/mol. The van der Waals surface area contributed by atoms with Crippen molar-refractivity contribution in [3.63, 3.8) is 0 Å². The van der Waals surface area contributed by atoms with Crippen molar-refractivity contribution in [3.05, 3.63) is 12.2 Å². The first kappa shape index (κ1) is 3.67. The van der Waals surface area contributed by atoms with Gasteiger partial charge in [-0.15, -0.1) is 0 Å².